The second kappa shape index (κ2) is 6.00. The highest BCUT2D eigenvalue weighted by molar-refractivity contribution is 5.31. The van der Waals surface area contributed by atoms with Crippen LogP contribution in [0, 0.1) is 6.92 Å². The first-order valence-corrected chi connectivity index (χ1v) is 6.02. The molecule has 94 valence electrons. The minimum absolute atomic E-state index is 0.433. The first-order valence-electron chi connectivity index (χ1n) is 6.02. The number of rotatable bonds is 5. The molecule has 4 heteroatoms. The molecule has 0 aliphatic rings. The Kier molecular flexibility index (Phi) is 4.12. The fraction of sp³-hybridized carbons (Fsp3) is 0.286. The summed E-state index contributed by atoms with van der Waals surface area (Å²) in [6.07, 6.45) is 3.45. The SMILES string of the molecule is CCNc1cnc(COc2cccc(C)c2)cn1. The molecule has 1 aromatic carbocycles. The average Bonchev–Trinajstić information content (AvgIpc) is 2.38. The molecule has 0 spiro atoms. The minimum Gasteiger partial charge on any atom is -0.487 e. The van der Waals surface area contributed by atoms with Crippen LogP contribution in [0.15, 0.2) is 36.7 Å². The number of aromatic nitrogens is 2. The zero-order chi connectivity index (χ0) is 12.8. The summed E-state index contributed by atoms with van der Waals surface area (Å²) >= 11 is 0. The number of aryl methyl sites for hydroxylation is 1. The van der Waals surface area contributed by atoms with Gasteiger partial charge in [-0.05, 0) is 31.5 Å². The first kappa shape index (κ1) is 12.4. The van der Waals surface area contributed by atoms with Crippen molar-refractivity contribution in [1.82, 2.24) is 9.97 Å². The summed E-state index contributed by atoms with van der Waals surface area (Å²) < 4.78 is 5.65. The van der Waals surface area contributed by atoms with Gasteiger partial charge in [0, 0.05) is 6.54 Å². The van der Waals surface area contributed by atoms with E-state index in [9.17, 15) is 0 Å². The molecule has 0 atom stereocenters. The third-order valence-electron chi connectivity index (χ3n) is 2.44. The van der Waals surface area contributed by atoms with Crippen molar-refractivity contribution in [2.75, 3.05) is 11.9 Å². The van der Waals surface area contributed by atoms with E-state index in [1.54, 1.807) is 12.4 Å². The van der Waals surface area contributed by atoms with Crippen LogP contribution in [0.4, 0.5) is 5.82 Å². The molecule has 18 heavy (non-hydrogen) atoms. The van der Waals surface area contributed by atoms with E-state index in [0.717, 1.165) is 23.8 Å². The van der Waals surface area contributed by atoms with Gasteiger partial charge in [0.2, 0.25) is 0 Å². The van der Waals surface area contributed by atoms with Gasteiger partial charge in [0.15, 0.2) is 0 Å². The molecule has 0 bridgehead atoms. The fourth-order valence-corrected chi connectivity index (χ4v) is 1.56. The lowest BCUT2D eigenvalue weighted by atomic mass is 10.2. The quantitative estimate of drug-likeness (QED) is 0.877. The Balaban J connectivity index is 1.93. The minimum atomic E-state index is 0.433. The highest BCUT2D eigenvalue weighted by Crippen LogP contribution is 2.13. The lowest BCUT2D eigenvalue weighted by Gasteiger charge is -2.07. The van der Waals surface area contributed by atoms with E-state index in [1.807, 2.05) is 38.1 Å². The van der Waals surface area contributed by atoms with Crippen LogP contribution in [0.5, 0.6) is 5.75 Å². The normalized spacial score (nSPS) is 10.1. The van der Waals surface area contributed by atoms with Gasteiger partial charge in [0.05, 0.1) is 18.1 Å². The van der Waals surface area contributed by atoms with E-state index in [0.29, 0.717) is 6.61 Å². The van der Waals surface area contributed by atoms with Crippen molar-refractivity contribution in [2.45, 2.75) is 20.5 Å². The molecular formula is C14H17N3O. The van der Waals surface area contributed by atoms with Gasteiger partial charge in [-0.25, -0.2) is 4.98 Å². The lowest BCUT2D eigenvalue weighted by molar-refractivity contribution is 0.300. The Morgan fingerprint density at radius 2 is 2.11 bits per heavy atom. The molecule has 0 fully saturated rings. The summed E-state index contributed by atoms with van der Waals surface area (Å²) in [6, 6.07) is 7.95. The largest absolute Gasteiger partial charge is 0.487 e. The van der Waals surface area contributed by atoms with Crippen molar-refractivity contribution in [3.8, 4) is 5.75 Å². The van der Waals surface area contributed by atoms with Crippen molar-refractivity contribution >= 4 is 5.82 Å². The number of anilines is 1. The van der Waals surface area contributed by atoms with Gasteiger partial charge in [0.25, 0.3) is 0 Å². The fourth-order valence-electron chi connectivity index (χ4n) is 1.56. The van der Waals surface area contributed by atoms with Crippen LogP contribution in [0.3, 0.4) is 0 Å². The van der Waals surface area contributed by atoms with Gasteiger partial charge in [-0.3, -0.25) is 4.98 Å². The van der Waals surface area contributed by atoms with E-state index in [1.165, 1.54) is 5.56 Å². The molecule has 0 unspecified atom stereocenters. The molecule has 0 saturated heterocycles. The molecule has 1 heterocycles. The van der Waals surface area contributed by atoms with Crippen LogP contribution < -0.4 is 10.1 Å². The molecule has 1 aromatic heterocycles. The average molecular weight is 243 g/mol. The zero-order valence-corrected chi connectivity index (χ0v) is 10.7. The maximum atomic E-state index is 5.65. The summed E-state index contributed by atoms with van der Waals surface area (Å²) in [5, 5.41) is 3.10. The number of ether oxygens (including phenoxy) is 1. The smallest absolute Gasteiger partial charge is 0.144 e. The van der Waals surface area contributed by atoms with Gasteiger partial charge in [-0.1, -0.05) is 12.1 Å². The predicted octanol–water partition coefficient (Wildman–Crippen LogP) is 2.80. The summed E-state index contributed by atoms with van der Waals surface area (Å²) in [5.41, 5.74) is 2.00. The van der Waals surface area contributed by atoms with Crippen LogP contribution in [0.25, 0.3) is 0 Å². The van der Waals surface area contributed by atoms with E-state index in [4.69, 9.17) is 4.74 Å². The van der Waals surface area contributed by atoms with Gasteiger partial charge >= 0.3 is 0 Å². The van der Waals surface area contributed by atoms with Gasteiger partial charge in [0.1, 0.15) is 18.2 Å². The molecule has 0 radical (unpaired) electrons. The van der Waals surface area contributed by atoms with Gasteiger partial charge in [-0.2, -0.15) is 0 Å². The number of hydrogen-bond donors (Lipinski definition) is 1. The molecule has 0 aliphatic carbocycles. The second-order valence-electron chi connectivity index (χ2n) is 4.03. The Hall–Kier alpha value is -2.10. The van der Waals surface area contributed by atoms with Gasteiger partial charge < -0.3 is 10.1 Å². The van der Waals surface area contributed by atoms with Crippen molar-refractivity contribution in [1.29, 1.82) is 0 Å². The first-order chi connectivity index (χ1) is 8.78. The standard InChI is InChI=1S/C14H17N3O/c1-3-15-14-9-16-12(8-17-14)10-18-13-6-4-5-11(2)7-13/h4-9H,3,10H2,1-2H3,(H,15,17). The number of benzene rings is 1. The topological polar surface area (TPSA) is 47.0 Å². The van der Waals surface area contributed by atoms with E-state index < -0.39 is 0 Å². The zero-order valence-electron chi connectivity index (χ0n) is 10.7. The maximum absolute atomic E-state index is 5.65. The van der Waals surface area contributed by atoms with E-state index in [2.05, 4.69) is 15.3 Å². The molecular weight excluding hydrogens is 226 g/mol. The Labute approximate surface area is 107 Å². The monoisotopic (exact) mass is 243 g/mol. The Bertz CT molecular complexity index is 497. The van der Waals surface area contributed by atoms with E-state index in [-0.39, 0.29) is 0 Å². The van der Waals surface area contributed by atoms with E-state index >= 15 is 0 Å². The van der Waals surface area contributed by atoms with Crippen molar-refractivity contribution in [3.63, 3.8) is 0 Å². The molecule has 1 N–H and O–H groups in total. The number of hydrogen-bond acceptors (Lipinski definition) is 4. The van der Waals surface area contributed by atoms with Gasteiger partial charge in [-0.15, -0.1) is 0 Å². The second-order valence-corrected chi connectivity index (χ2v) is 4.03. The van der Waals surface area contributed by atoms with Crippen LogP contribution in [0.1, 0.15) is 18.2 Å². The van der Waals surface area contributed by atoms with Crippen LogP contribution in [-0.2, 0) is 6.61 Å². The third kappa shape index (κ3) is 3.45. The van der Waals surface area contributed by atoms with Crippen molar-refractivity contribution in [3.05, 3.63) is 47.9 Å². The van der Waals surface area contributed by atoms with Crippen LogP contribution in [0.2, 0.25) is 0 Å². The van der Waals surface area contributed by atoms with Crippen LogP contribution in [-0.4, -0.2) is 16.5 Å². The molecule has 0 amide bonds. The number of nitrogens with one attached hydrogen (secondary N) is 1. The summed E-state index contributed by atoms with van der Waals surface area (Å²) in [4.78, 5) is 8.53. The maximum Gasteiger partial charge on any atom is 0.144 e. The molecule has 4 nitrogen and oxygen atoms in total. The summed E-state index contributed by atoms with van der Waals surface area (Å²) in [6.45, 7) is 5.34. The number of nitrogens with zero attached hydrogens (tertiary/aromatic N) is 2. The predicted molar refractivity (Wildman–Crippen MR) is 71.7 cm³/mol. The Morgan fingerprint density at radius 3 is 2.78 bits per heavy atom. The Morgan fingerprint density at radius 1 is 1.22 bits per heavy atom. The third-order valence-corrected chi connectivity index (χ3v) is 2.44. The van der Waals surface area contributed by atoms with Crippen molar-refractivity contribution < 1.29 is 4.74 Å². The molecule has 2 rings (SSSR count). The molecule has 0 aliphatic heterocycles. The molecule has 0 saturated carbocycles. The highest BCUT2D eigenvalue weighted by atomic mass is 16.5. The lowest BCUT2D eigenvalue weighted by Crippen LogP contribution is -2.03. The van der Waals surface area contributed by atoms with Crippen LogP contribution >= 0.6 is 0 Å². The molecule has 2 aromatic rings. The summed E-state index contributed by atoms with van der Waals surface area (Å²) in [7, 11) is 0. The van der Waals surface area contributed by atoms with Crippen molar-refractivity contribution in [2.24, 2.45) is 0 Å². The summed E-state index contributed by atoms with van der Waals surface area (Å²) in [5.74, 6) is 1.64. The highest BCUT2D eigenvalue weighted by Gasteiger charge is 1.99.